The molecular formula is C11H21N5S. The fourth-order valence-corrected chi connectivity index (χ4v) is 2.46. The zero-order chi connectivity index (χ0) is 12.1. The zero-order valence-electron chi connectivity index (χ0n) is 10.6. The van der Waals surface area contributed by atoms with Gasteiger partial charge in [-0.1, -0.05) is 25.6 Å². The van der Waals surface area contributed by atoms with Gasteiger partial charge in [0.05, 0.1) is 6.04 Å². The molecule has 1 saturated carbocycles. The molecule has 1 aromatic heterocycles. The molecule has 0 aromatic carbocycles. The molecule has 1 aromatic rings. The highest BCUT2D eigenvalue weighted by Crippen LogP contribution is 2.36. The molecule has 0 amide bonds. The molecule has 2 rings (SSSR count). The van der Waals surface area contributed by atoms with E-state index in [9.17, 15) is 0 Å². The topological polar surface area (TPSA) is 55.6 Å². The van der Waals surface area contributed by atoms with Gasteiger partial charge in [-0.2, -0.15) is 0 Å². The van der Waals surface area contributed by atoms with Crippen LogP contribution in [0.2, 0.25) is 0 Å². The molecule has 1 N–H and O–H groups in total. The highest BCUT2D eigenvalue weighted by molar-refractivity contribution is 7.99. The van der Waals surface area contributed by atoms with Crippen LogP contribution in [-0.4, -0.2) is 39.0 Å². The number of nitrogens with one attached hydrogen (secondary N) is 1. The maximum Gasteiger partial charge on any atom is 0.209 e. The molecule has 96 valence electrons. The lowest BCUT2D eigenvalue weighted by molar-refractivity contribution is 0.550. The van der Waals surface area contributed by atoms with Gasteiger partial charge in [0.25, 0.3) is 0 Å². The van der Waals surface area contributed by atoms with Crippen molar-refractivity contribution in [1.82, 2.24) is 25.5 Å². The lowest BCUT2D eigenvalue weighted by Gasteiger charge is -2.06. The Morgan fingerprint density at radius 2 is 2.29 bits per heavy atom. The van der Waals surface area contributed by atoms with E-state index in [0.29, 0.717) is 6.04 Å². The average molecular weight is 255 g/mol. The largest absolute Gasteiger partial charge is 0.316 e. The third kappa shape index (κ3) is 4.27. The fourth-order valence-electron chi connectivity index (χ4n) is 1.58. The third-order valence-corrected chi connectivity index (χ3v) is 3.66. The summed E-state index contributed by atoms with van der Waals surface area (Å²) in [6.07, 6.45) is 3.62. The molecule has 1 heterocycles. The normalized spacial score (nSPS) is 15.7. The molecule has 0 spiro atoms. The number of thioether (sulfide) groups is 1. The first kappa shape index (κ1) is 12.8. The van der Waals surface area contributed by atoms with Crippen LogP contribution in [0.4, 0.5) is 0 Å². The number of hydrogen-bond donors (Lipinski definition) is 1. The highest BCUT2D eigenvalue weighted by atomic mass is 32.2. The van der Waals surface area contributed by atoms with E-state index in [2.05, 4.69) is 34.7 Å². The van der Waals surface area contributed by atoms with E-state index in [0.717, 1.165) is 36.3 Å². The van der Waals surface area contributed by atoms with Crippen LogP contribution in [0.3, 0.4) is 0 Å². The van der Waals surface area contributed by atoms with Crippen molar-refractivity contribution in [2.45, 2.75) is 44.3 Å². The molecule has 17 heavy (non-hydrogen) atoms. The molecule has 6 heteroatoms. The second-order valence-electron chi connectivity index (χ2n) is 4.94. The standard InChI is InChI=1S/C11H21N5S/c1-9(2)8-12-6-3-7-17-11-13-14-15-16(11)10-4-5-10/h9-10,12H,3-8H2,1-2H3. The second-order valence-corrected chi connectivity index (χ2v) is 6.00. The number of hydrogen-bond acceptors (Lipinski definition) is 5. The molecule has 5 nitrogen and oxygen atoms in total. The maximum atomic E-state index is 4.07. The van der Waals surface area contributed by atoms with Gasteiger partial charge in [0.2, 0.25) is 5.16 Å². The Morgan fingerprint density at radius 1 is 1.47 bits per heavy atom. The second kappa shape index (κ2) is 6.35. The smallest absolute Gasteiger partial charge is 0.209 e. The zero-order valence-corrected chi connectivity index (χ0v) is 11.4. The molecule has 0 atom stereocenters. The number of tetrazole rings is 1. The summed E-state index contributed by atoms with van der Waals surface area (Å²) in [6.45, 7) is 6.64. The van der Waals surface area contributed by atoms with Crippen molar-refractivity contribution in [3.05, 3.63) is 0 Å². The quantitative estimate of drug-likeness (QED) is 0.566. The van der Waals surface area contributed by atoms with E-state index in [4.69, 9.17) is 0 Å². The van der Waals surface area contributed by atoms with E-state index in [1.54, 1.807) is 11.8 Å². The van der Waals surface area contributed by atoms with Crippen molar-refractivity contribution in [1.29, 1.82) is 0 Å². The van der Waals surface area contributed by atoms with Crippen molar-refractivity contribution in [2.24, 2.45) is 5.92 Å². The van der Waals surface area contributed by atoms with Crippen molar-refractivity contribution in [2.75, 3.05) is 18.8 Å². The monoisotopic (exact) mass is 255 g/mol. The minimum atomic E-state index is 0.576. The van der Waals surface area contributed by atoms with Crippen LogP contribution in [0.5, 0.6) is 0 Å². The minimum Gasteiger partial charge on any atom is -0.316 e. The molecule has 1 aliphatic carbocycles. The molecule has 0 aliphatic heterocycles. The molecule has 0 unspecified atom stereocenters. The van der Waals surface area contributed by atoms with Crippen molar-refractivity contribution >= 4 is 11.8 Å². The van der Waals surface area contributed by atoms with Gasteiger partial charge in [0.1, 0.15) is 0 Å². The van der Waals surface area contributed by atoms with E-state index in [1.165, 1.54) is 12.8 Å². The minimum absolute atomic E-state index is 0.576. The van der Waals surface area contributed by atoms with Gasteiger partial charge in [-0.3, -0.25) is 0 Å². The Balaban J connectivity index is 1.59. The number of aromatic nitrogens is 4. The molecular weight excluding hydrogens is 234 g/mol. The van der Waals surface area contributed by atoms with E-state index in [-0.39, 0.29) is 0 Å². The summed E-state index contributed by atoms with van der Waals surface area (Å²) in [5.74, 6) is 1.81. The van der Waals surface area contributed by atoms with Crippen LogP contribution in [0.15, 0.2) is 5.16 Å². The Morgan fingerprint density at radius 3 is 3.00 bits per heavy atom. The van der Waals surface area contributed by atoms with Crippen LogP contribution in [0.25, 0.3) is 0 Å². The van der Waals surface area contributed by atoms with Gasteiger partial charge in [-0.15, -0.1) is 5.10 Å². The summed E-state index contributed by atoms with van der Waals surface area (Å²) in [4.78, 5) is 0. The lowest BCUT2D eigenvalue weighted by Crippen LogP contribution is -2.21. The number of rotatable bonds is 8. The lowest BCUT2D eigenvalue weighted by atomic mass is 10.2. The first-order chi connectivity index (χ1) is 8.27. The van der Waals surface area contributed by atoms with Crippen LogP contribution in [0.1, 0.15) is 39.2 Å². The van der Waals surface area contributed by atoms with Gasteiger partial charge >= 0.3 is 0 Å². The summed E-state index contributed by atoms with van der Waals surface area (Å²) in [5, 5.41) is 16.3. The summed E-state index contributed by atoms with van der Waals surface area (Å²) < 4.78 is 1.98. The summed E-state index contributed by atoms with van der Waals surface area (Å²) in [6, 6.07) is 0.576. The van der Waals surface area contributed by atoms with E-state index in [1.807, 2.05) is 4.68 Å². The fraction of sp³-hybridized carbons (Fsp3) is 0.909. The van der Waals surface area contributed by atoms with Crippen LogP contribution < -0.4 is 5.32 Å². The van der Waals surface area contributed by atoms with Gasteiger partial charge in [0.15, 0.2) is 0 Å². The summed E-state index contributed by atoms with van der Waals surface area (Å²) in [7, 11) is 0. The van der Waals surface area contributed by atoms with Crippen LogP contribution in [0, 0.1) is 5.92 Å². The molecule has 0 saturated heterocycles. The van der Waals surface area contributed by atoms with Crippen molar-refractivity contribution in [3.63, 3.8) is 0 Å². The number of nitrogens with zero attached hydrogens (tertiary/aromatic N) is 4. The van der Waals surface area contributed by atoms with Crippen molar-refractivity contribution in [3.8, 4) is 0 Å². The average Bonchev–Trinajstić information content (AvgIpc) is 3.03. The van der Waals surface area contributed by atoms with Gasteiger partial charge in [-0.05, 0) is 48.7 Å². The van der Waals surface area contributed by atoms with E-state index >= 15 is 0 Å². The maximum absolute atomic E-state index is 4.07. The predicted molar refractivity (Wildman–Crippen MR) is 69.1 cm³/mol. The highest BCUT2D eigenvalue weighted by Gasteiger charge is 2.27. The molecule has 0 radical (unpaired) electrons. The first-order valence-corrected chi connectivity index (χ1v) is 7.37. The Hall–Kier alpha value is -0.620. The SMILES string of the molecule is CC(C)CNCCCSc1nnnn1C1CC1. The van der Waals surface area contributed by atoms with E-state index < -0.39 is 0 Å². The van der Waals surface area contributed by atoms with Gasteiger partial charge < -0.3 is 5.32 Å². The molecule has 1 fully saturated rings. The first-order valence-electron chi connectivity index (χ1n) is 6.38. The summed E-state index contributed by atoms with van der Waals surface area (Å²) >= 11 is 1.77. The van der Waals surface area contributed by atoms with Crippen LogP contribution in [-0.2, 0) is 0 Å². The molecule has 0 bridgehead atoms. The van der Waals surface area contributed by atoms with Gasteiger partial charge in [-0.25, -0.2) is 4.68 Å². The van der Waals surface area contributed by atoms with Gasteiger partial charge in [0, 0.05) is 5.75 Å². The van der Waals surface area contributed by atoms with Crippen LogP contribution >= 0.6 is 11.8 Å². The predicted octanol–water partition coefficient (Wildman–Crippen LogP) is 1.74. The van der Waals surface area contributed by atoms with Crippen molar-refractivity contribution < 1.29 is 0 Å². The third-order valence-electron chi connectivity index (χ3n) is 2.64. The summed E-state index contributed by atoms with van der Waals surface area (Å²) in [5.41, 5.74) is 0. The Bertz CT molecular complexity index is 334. The Kier molecular flexibility index (Phi) is 4.79. The Labute approximate surface area is 107 Å². The molecule has 1 aliphatic rings.